The molecule has 6 nitrogen and oxygen atoms in total. The lowest BCUT2D eigenvalue weighted by molar-refractivity contribution is 0.0687. The Kier molecular flexibility index (Phi) is 5.08. The van der Waals surface area contributed by atoms with Crippen LogP contribution in [0, 0.1) is 0 Å². The van der Waals surface area contributed by atoms with E-state index in [4.69, 9.17) is 4.74 Å². The SMILES string of the molecule is COc1ccc(Cn2c(Br)c(Br)c3c(O)c(C(=O)O)nc(Br)c32)cc1. The van der Waals surface area contributed by atoms with Gasteiger partial charge in [0.25, 0.3) is 0 Å². The number of carboxylic acid groups (broad SMARTS) is 1. The standard InChI is InChI=1S/C16H11Br3N2O4/c1-25-8-4-2-7(3-5-8)6-21-12-9(10(17)15(21)19)13(22)11(16(23)24)20-14(12)18/h2-5,22H,6H2,1H3,(H,23,24). The number of halogens is 3. The Balaban J connectivity index is 2.20. The zero-order valence-corrected chi connectivity index (χ0v) is 17.5. The normalized spacial score (nSPS) is 11.0. The predicted molar refractivity (Wildman–Crippen MR) is 104 cm³/mol. The number of carboxylic acids is 1. The summed E-state index contributed by atoms with van der Waals surface area (Å²) >= 11 is 10.2. The molecule has 130 valence electrons. The monoisotopic (exact) mass is 532 g/mol. The molecule has 25 heavy (non-hydrogen) atoms. The molecule has 3 rings (SSSR count). The smallest absolute Gasteiger partial charge is 0.358 e. The molecule has 0 amide bonds. The van der Waals surface area contributed by atoms with Gasteiger partial charge in [0.1, 0.15) is 15.0 Å². The second kappa shape index (κ2) is 6.97. The molecule has 0 saturated carbocycles. The van der Waals surface area contributed by atoms with Crippen molar-refractivity contribution in [1.29, 1.82) is 0 Å². The Hall–Kier alpha value is -1.58. The van der Waals surface area contributed by atoms with Gasteiger partial charge in [0.15, 0.2) is 11.4 Å². The van der Waals surface area contributed by atoms with Crippen LogP contribution in [0.5, 0.6) is 11.5 Å². The number of ether oxygens (including phenoxy) is 1. The quantitative estimate of drug-likeness (QED) is 0.470. The molecule has 3 aromatic rings. The molecule has 0 atom stereocenters. The highest BCUT2D eigenvalue weighted by atomic mass is 79.9. The van der Waals surface area contributed by atoms with E-state index < -0.39 is 11.7 Å². The third-order valence-corrected chi connectivity index (χ3v) is 6.39. The molecular weight excluding hydrogens is 524 g/mol. The van der Waals surface area contributed by atoms with Crippen LogP contribution in [-0.2, 0) is 6.54 Å². The number of fused-ring (bicyclic) bond motifs is 1. The number of carbonyl (C=O) groups is 1. The highest BCUT2D eigenvalue weighted by Gasteiger charge is 2.25. The van der Waals surface area contributed by atoms with Gasteiger partial charge in [0.05, 0.1) is 22.5 Å². The van der Waals surface area contributed by atoms with E-state index in [-0.39, 0.29) is 5.75 Å². The van der Waals surface area contributed by atoms with E-state index in [1.165, 1.54) is 0 Å². The number of nitrogens with zero attached hydrogens (tertiary/aromatic N) is 2. The van der Waals surface area contributed by atoms with Crippen molar-refractivity contribution in [2.75, 3.05) is 7.11 Å². The second-order valence-corrected chi connectivity index (χ2v) is 7.46. The number of pyridine rings is 1. The summed E-state index contributed by atoms with van der Waals surface area (Å²) < 4.78 is 8.59. The fraction of sp³-hybridized carbons (Fsp3) is 0.125. The average Bonchev–Trinajstić information content (AvgIpc) is 2.84. The van der Waals surface area contributed by atoms with Crippen LogP contribution in [-0.4, -0.2) is 32.8 Å². The van der Waals surface area contributed by atoms with Crippen LogP contribution in [0.25, 0.3) is 10.9 Å². The maximum absolute atomic E-state index is 11.3. The predicted octanol–water partition coefficient (Wildman–Crippen LogP) is 4.78. The van der Waals surface area contributed by atoms with E-state index in [0.29, 0.717) is 31.1 Å². The minimum absolute atomic E-state index is 0.331. The molecule has 2 aromatic heterocycles. The van der Waals surface area contributed by atoms with Gasteiger partial charge in [-0.25, -0.2) is 9.78 Å². The van der Waals surface area contributed by atoms with E-state index >= 15 is 0 Å². The van der Waals surface area contributed by atoms with Crippen molar-refractivity contribution < 1.29 is 19.7 Å². The summed E-state index contributed by atoms with van der Waals surface area (Å²) in [5.74, 6) is -0.925. The summed E-state index contributed by atoms with van der Waals surface area (Å²) in [6, 6.07) is 7.57. The maximum Gasteiger partial charge on any atom is 0.358 e. The molecule has 0 aliphatic heterocycles. The summed E-state index contributed by atoms with van der Waals surface area (Å²) in [6.45, 7) is 0.485. The first-order valence-corrected chi connectivity index (χ1v) is 9.35. The van der Waals surface area contributed by atoms with Crippen molar-refractivity contribution >= 4 is 64.7 Å². The van der Waals surface area contributed by atoms with Gasteiger partial charge in [-0.05, 0) is 65.5 Å². The first-order valence-electron chi connectivity index (χ1n) is 6.97. The average molecular weight is 535 g/mol. The lowest BCUT2D eigenvalue weighted by Gasteiger charge is -2.10. The molecule has 0 aliphatic rings. The van der Waals surface area contributed by atoms with Crippen LogP contribution in [0.1, 0.15) is 16.1 Å². The first kappa shape index (κ1) is 18.2. The summed E-state index contributed by atoms with van der Waals surface area (Å²) in [7, 11) is 1.60. The molecule has 0 spiro atoms. The molecule has 0 fully saturated rings. The number of hydrogen-bond donors (Lipinski definition) is 2. The Morgan fingerprint density at radius 2 is 1.88 bits per heavy atom. The van der Waals surface area contributed by atoms with Crippen LogP contribution >= 0.6 is 47.8 Å². The minimum Gasteiger partial charge on any atom is -0.505 e. The van der Waals surface area contributed by atoms with Gasteiger partial charge in [-0.2, -0.15) is 0 Å². The molecule has 1 aromatic carbocycles. The van der Waals surface area contributed by atoms with Crippen LogP contribution < -0.4 is 4.74 Å². The molecule has 0 bridgehead atoms. The molecule has 0 saturated heterocycles. The Morgan fingerprint density at radius 1 is 1.24 bits per heavy atom. The molecule has 0 radical (unpaired) electrons. The van der Waals surface area contributed by atoms with Gasteiger partial charge in [-0.3, -0.25) is 0 Å². The highest BCUT2D eigenvalue weighted by molar-refractivity contribution is 9.13. The van der Waals surface area contributed by atoms with Crippen LogP contribution in [0.15, 0.2) is 37.9 Å². The van der Waals surface area contributed by atoms with Gasteiger partial charge in [-0.1, -0.05) is 12.1 Å². The van der Waals surface area contributed by atoms with Crippen molar-refractivity contribution in [3.8, 4) is 11.5 Å². The van der Waals surface area contributed by atoms with E-state index in [1.54, 1.807) is 7.11 Å². The molecule has 9 heteroatoms. The van der Waals surface area contributed by atoms with Gasteiger partial charge in [0, 0.05) is 6.54 Å². The third kappa shape index (κ3) is 3.16. The fourth-order valence-corrected chi connectivity index (χ4v) is 4.20. The summed E-state index contributed by atoms with van der Waals surface area (Å²) in [5.41, 5.74) is 1.17. The lowest BCUT2D eigenvalue weighted by Crippen LogP contribution is -2.04. The zero-order chi connectivity index (χ0) is 18.3. The molecule has 2 N–H and O–H groups in total. The highest BCUT2D eigenvalue weighted by Crippen LogP contribution is 2.43. The topological polar surface area (TPSA) is 84.6 Å². The van der Waals surface area contributed by atoms with Gasteiger partial charge in [0.2, 0.25) is 0 Å². The van der Waals surface area contributed by atoms with Crippen molar-refractivity contribution in [3.05, 3.63) is 49.2 Å². The zero-order valence-electron chi connectivity index (χ0n) is 12.8. The first-order chi connectivity index (χ1) is 11.8. The van der Waals surface area contributed by atoms with Gasteiger partial charge < -0.3 is 19.5 Å². The number of rotatable bonds is 4. The van der Waals surface area contributed by atoms with Crippen molar-refractivity contribution in [2.24, 2.45) is 0 Å². The van der Waals surface area contributed by atoms with Crippen molar-refractivity contribution in [1.82, 2.24) is 9.55 Å². The van der Waals surface area contributed by atoms with Gasteiger partial charge >= 0.3 is 5.97 Å². The van der Waals surface area contributed by atoms with E-state index in [2.05, 4.69) is 52.8 Å². The summed E-state index contributed by atoms with van der Waals surface area (Å²) in [6.07, 6.45) is 0. The van der Waals surface area contributed by atoms with Gasteiger partial charge in [-0.15, -0.1) is 0 Å². The van der Waals surface area contributed by atoms with Crippen LogP contribution in [0.3, 0.4) is 0 Å². The van der Waals surface area contributed by atoms with E-state index in [1.807, 2.05) is 28.8 Å². The van der Waals surface area contributed by atoms with Crippen molar-refractivity contribution in [2.45, 2.75) is 6.54 Å². The largest absolute Gasteiger partial charge is 0.505 e. The molecule has 0 aliphatic carbocycles. The summed E-state index contributed by atoms with van der Waals surface area (Å²) in [4.78, 5) is 15.3. The minimum atomic E-state index is -1.30. The fourth-order valence-electron chi connectivity index (χ4n) is 2.52. The molecular formula is C16H11Br3N2O4. The number of aromatic carboxylic acids is 1. The molecule has 2 heterocycles. The lowest BCUT2D eigenvalue weighted by atomic mass is 10.2. The van der Waals surface area contributed by atoms with E-state index in [0.717, 1.165) is 11.3 Å². The number of aromatic hydroxyl groups is 1. The summed E-state index contributed by atoms with van der Waals surface area (Å²) in [5, 5.41) is 19.9. The van der Waals surface area contributed by atoms with E-state index in [9.17, 15) is 15.0 Å². The van der Waals surface area contributed by atoms with Crippen molar-refractivity contribution in [3.63, 3.8) is 0 Å². The Morgan fingerprint density at radius 3 is 2.44 bits per heavy atom. The number of methoxy groups -OCH3 is 1. The van der Waals surface area contributed by atoms with Crippen LogP contribution in [0.2, 0.25) is 0 Å². The number of aromatic nitrogens is 2. The molecule has 0 unspecified atom stereocenters. The number of hydrogen-bond acceptors (Lipinski definition) is 4. The maximum atomic E-state index is 11.3. The number of benzene rings is 1. The Labute approximate surface area is 167 Å². The Bertz CT molecular complexity index is 984. The third-order valence-electron chi connectivity index (χ3n) is 3.71. The second-order valence-electron chi connectivity index (χ2n) is 5.17. The van der Waals surface area contributed by atoms with Crippen LogP contribution in [0.4, 0.5) is 0 Å².